The Morgan fingerprint density at radius 2 is 1.78 bits per heavy atom. The summed E-state index contributed by atoms with van der Waals surface area (Å²) in [5, 5.41) is 0.760. The molecule has 0 unspecified atom stereocenters. The third kappa shape index (κ3) is 4.75. The molecular formula is C21H24BrN3OS. The molecule has 0 spiro atoms. The Morgan fingerprint density at radius 3 is 2.44 bits per heavy atom. The number of fused-ring (bicyclic) bond motifs is 1. The molecule has 1 aromatic heterocycles. The molecule has 0 bridgehead atoms. The van der Waals surface area contributed by atoms with Crippen molar-refractivity contribution in [2.45, 2.75) is 20.8 Å². The molecule has 0 saturated carbocycles. The van der Waals surface area contributed by atoms with E-state index in [1.807, 2.05) is 35.2 Å². The van der Waals surface area contributed by atoms with Crippen LogP contribution in [-0.2, 0) is 0 Å². The lowest BCUT2D eigenvalue weighted by Gasteiger charge is -2.24. The first kappa shape index (κ1) is 20.0. The summed E-state index contributed by atoms with van der Waals surface area (Å²) in [5.41, 5.74) is 2.82. The summed E-state index contributed by atoms with van der Waals surface area (Å²) in [6.45, 7) is 9.74. The summed E-state index contributed by atoms with van der Waals surface area (Å²) in [5.74, 6) is -0.00886. The number of amides is 1. The highest BCUT2D eigenvalue weighted by molar-refractivity contribution is 9.10. The number of carbonyl (C=O) groups excluding carboxylic acids is 1. The Kier molecular flexibility index (Phi) is 6.63. The standard InChI is InChI=1S/C21H24BrN3OS/c1-4-24(5-2)12-13-25(20(26)16-7-9-17(22)10-8-16)21-23-18-11-6-15(3)14-19(18)27-21/h6-11,14H,4-5,12-13H2,1-3H3. The molecule has 3 rings (SSSR count). The molecule has 0 saturated heterocycles. The van der Waals surface area contributed by atoms with Crippen LogP contribution in [0.1, 0.15) is 29.8 Å². The molecule has 0 N–H and O–H groups in total. The van der Waals surface area contributed by atoms with E-state index in [0.29, 0.717) is 12.1 Å². The topological polar surface area (TPSA) is 36.4 Å². The molecule has 2 aromatic carbocycles. The average Bonchev–Trinajstić information content (AvgIpc) is 3.08. The molecule has 0 fully saturated rings. The Bertz CT molecular complexity index is 919. The maximum Gasteiger partial charge on any atom is 0.260 e. The molecule has 0 aliphatic heterocycles. The Morgan fingerprint density at radius 1 is 1.07 bits per heavy atom. The number of thiazole rings is 1. The zero-order valence-electron chi connectivity index (χ0n) is 15.9. The van der Waals surface area contributed by atoms with Gasteiger partial charge < -0.3 is 4.90 Å². The molecule has 142 valence electrons. The maximum atomic E-state index is 13.2. The van der Waals surface area contributed by atoms with E-state index in [1.165, 1.54) is 5.56 Å². The van der Waals surface area contributed by atoms with Gasteiger partial charge in [-0.05, 0) is 62.0 Å². The van der Waals surface area contributed by atoms with Gasteiger partial charge in [0.1, 0.15) is 0 Å². The van der Waals surface area contributed by atoms with E-state index in [0.717, 1.165) is 39.5 Å². The second-order valence-corrected chi connectivity index (χ2v) is 8.38. The van der Waals surface area contributed by atoms with E-state index < -0.39 is 0 Å². The van der Waals surface area contributed by atoms with E-state index >= 15 is 0 Å². The first-order valence-corrected chi connectivity index (χ1v) is 10.8. The van der Waals surface area contributed by atoms with Crippen molar-refractivity contribution in [1.29, 1.82) is 0 Å². The lowest BCUT2D eigenvalue weighted by Crippen LogP contribution is -2.38. The van der Waals surface area contributed by atoms with E-state index in [4.69, 9.17) is 4.98 Å². The second kappa shape index (κ2) is 8.95. The fourth-order valence-electron chi connectivity index (χ4n) is 2.95. The number of aromatic nitrogens is 1. The van der Waals surface area contributed by atoms with Crippen molar-refractivity contribution >= 4 is 48.5 Å². The summed E-state index contributed by atoms with van der Waals surface area (Å²) < 4.78 is 2.07. The number of hydrogen-bond donors (Lipinski definition) is 0. The van der Waals surface area contributed by atoms with Crippen molar-refractivity contribution in [3.05, 3.63) is 58.1 Å². The second-order valence-electron chi connectivity index (χ2n) is 6.46. The molecule has 6 heteroatoms. The normalized spacial score (nSPS) is 11.3. The molecule has 0 radical (unpaired) electrons. The smallest absolute Gasteiger partial charge is 0.260 e. The lowest BCUT2D eigenvalue weighted by molar-refractivity contribution is 0.0984. The molecule has 1 amide bonds. The van der Waals surface area contributed by atoms with Crippen LogP contribution in [0.25, 0.3) is 10.2 Å². The van der Waals surface area contributed by atoms with E-state index in [1.54, 1.807) is 11.3 Å². The van der Waals surface area contributed by atoms with Gasteiger partial charge in [0.2, 0.25) is 0 Å². The number of anilines is 1. The van der Waals surface area contributed by atoms with Gasteiger partial charge in [0, 0.05) is 23.1 Å². The quantitative estimate of drug-likeness (QED) is 0.491. The van der Waals surface area contributed by atoms with Gasteiger partial charge in [0.25, 0.3) is 5.91 Å². The lowest BCUT2D eigenvalue weighted by atomic mass is 10.2. The maximum absolute atomic E-state index is 13.2. The van der Waals surface area contributed by atoms with Crippen LogP contribution in [-0.4, -0.2) is 42.0 Å². The largest absolute Gasteiger partial charge is 0.302 e. The minimum atomic E-state index is -0.00886. The number of rotatable bonds is 7. The molecule has 27 heavy (non-hydrogen) atoms. The van der Waals surface area contributed by atoms with Gasteiger partial charge >= 0.3 is 0 Å². The molecule has 4 nitrogen and oxygen atoms in total. The van der Waals surface area contributed by atoms with Gasteiger partial charge in [0.05, 0.1) is 10.2 Å². The summed E-state index contributed by atoms with van der Waals surface area (Å²) in [6.07, 6.45) is 0. The minimum absolute atomic E-state index is 0.00886. The highest BCUT2D eigenvalue weighted by Crippen LogP contribution is 2.30. The van der Waals surface area contributed by atoms with Crippen molar-refractivity contribution in [2.24, 2.45) is 0 Å². The molecule has 1 heterocycles. The number of hydrogen-bond acceptors (Lipinski definition) is 4. The van der Waals surface area contributed by atoms with Crippen LogP contribution in [0.15, 0.2) is 46.9 Å². The molecule has 0 aliphatic rings. The summed E-state index contributed by atoms with van der Waals surface area (Å²) in [4.78, 5) is 22.1. The molecule has 3 aromatic rings. The van der Waals surface area contributed by atoms with Gasteiger partial charge in [0.15, 0.2) is 5.13 Å². The Balaban J connectivity index is 1.94. The van der Waals surface area contributed by atoms with Gasteiger partial charge in [-0.2, -0.15) is 0 Å². The highest BCUT2D eigenvalue weighted by atomic mass is 79.9. The van der Waals surface area contributed by atoms with Crippen LogP contribution < -0.4 is 4.90 Å². The SMILES string of the molecule is CCN(CC)CCN(C(=O)c1ccc(Br)cc1)c1nc2ccc(C)cc2s1. The summed E-state index contributed by atoms with van der Waals surface area (Å²) in [6, 6.07) is 13.7. The fraction of sp³-hybridized carbons (Fsp3) is 0.333. The zero-order valence-corrected chi connectivity index (χ0v) is 18.3. The minimum Gasteiger partial charge on any atom is -0.302 e. The number of aryl methyl sites for hydroxylation is 1. The van der Waals surface area contributed by atoms with Crippen molar-refractivity contribution in [1.82, 2.24) is 9.88 Å². The number of halogens is 1. The van der Waals surface area contributed by atoms with Crippen LogP contribution in [0.2, 0.25) is 0 Å². The highest BCUT2D eigenvalue weighted by Gasteiger charge is 2.22. The van der Waals surface area contributed by atoms with Crippen molar-refractivity contribution in [3.8, 4) is 0 Å². The van der Waals surface area contributed by atoms with Crippen LogP contribution in [0.3, 0.4) is 0 Å². The summed E-state index contributed by atoms with van der Waals surface area (Å²) in [7, 11) is 0. The Hall–Kier alpha value is -1.76. The van der Waals surface area contributed by atoms with Crippen LogP contribution >= 0.6 is 27.3 Å². The predicted molar refractivity (Wildman–Crippen MR) is 118 cm³/mol. The van der Waals surface area contributed by atoms with Crippen molar-refractivity contribution in [3.63, 3.8) is 0 Å². The van der Waals surface area contributed by atoms with Gasteiger partial charge in [-0.1, -0.05) is 47.2 Å². The van der Waals surface area contributed by atoms with Gasteiger partial charge in [-0.15, -0.1) is 0 Å². The van der Waals surface area contributed by atoms with Crippen LogP contribution in [0.4, 0.5) is 5.13 Å². The van der Waals surface area contributed by atoms with E-state index in [-0.39, 0.29) is 5.91 Å². The first-order valence-electron chi connectivity index (χ1n) is 9.18. The number of benzene rings is 2. The van der Waals surface area contributed by atoms with Crippen molar-refractivity contribution in [2.75, 3.05) is 31.1 Å². The number of nitrogens with zero attached hydrogens (tertiary/aromatic N) is 3. The fourth-order valence-corrected chi connectivity index (χ4v) is 4.30. The van der Waals surface area contributed by atoms with Crippen LogP contribution in [0, 0.1) is 6.92 Å². The number of carbonyl (C=O) groups is 1. The van der Waals surface area contributed by atoms with Gasteiger partial charge in [-0.25, -0.2) is 4.98 Å². The summed E-state index contributed by atoms with van der Waals surface area (Å²) >= 11 is 5.01. The third-order valence-corrected chi connectivity index (χ3v) is 6.20. The monoisotopic (exact) mass is 445 g/mol. The van der Waals surface area contributed by atoms with Gasteiger partial charge in [-0.3, -0.25) is 9.69 Å². The van der Waals surface area contributed by atoms with E-state index in [2.05, 4.69) is 53.7 Å². The first-order chi connectivity index (χ1) is 13.0. The van der Waals surface area contributed by atoms with E-state index in [9.17, 15) is 4.79 Å². The zero-order chi connectivity index (χ0) is 19.4. The molecule has 0 aliphatic carbocycles. The van der Waals surface area contributed by atoms with Crippen LogP contribution in [0.5, 0.6) is 0 Å². The molecule has 0 atom stereocenters. The van der Waals surface area contributed by atoms with Crippen molar-refractivity contribution < 1.29 is 4.79 Å². The Labute approximate surface area is 172 Å². The molecular weight excluding hydrogens is 422 g/mol. The third-order valence-electron chi connectivity index (χ3n) is 4.63. The average molecular weight is 446 g/mol. The number of likely N-dealkylation sites (N-methyl/N-ethyl adjacent to an activating group) is 1. The predicted octanol–water partition coefficient (Wildman–Crippen LogP) is 5.36.